The molecule has 0 fully saturated rings. The number of rotatable bonds is 8. The van der Waals surface area contributed by atoms with Crippen molar-refractivity contribution in [1.29, 1.82) is 0 Å². The van der Waals surface area contributed by atoms with Crippen LogP contribution in [-0.2, 0) is 14.8 Å². The van der Waals surface area contributed by atoms with Gasteiger partial charge in [0.25, 0.3) is 21.4 Å². The van der Waals surface area contributed by atoms with Crippen LogP contribution >= 0.6 is 11.6 Å². The van der Waals surface area contributed by atoms with Gasteiger partial charge in [-0.3, -0.25) is 29.3 Å². The van der Waals surface area contributed by atoms with Crippen LogP contribution in [0.4, 0.5) is 17.1 Å². The Balaban J connectivity index is 2.72. The van der Waals surface area contributed by atoms with Crippen molar-refractivity contribution in [1.82, 2.24) is 0 Å². The second-order valence-electron chi connectivity index (χ2n) is 5.23. The SMILES string of the molecule is COc1ccc([N+](=O)[O-])cc1N(CC(=O)Cl)S(=O)(=O)c1cccc([N+](=O)[O-])c1. The first-order valence-electron chi connectivity index (χ1n) is 7.36. The van der Waals surface area contributed by atoms with Gasteiger partial charge in [-0.25, -0.2) is 8.42 Å². The van der Waals surface area contributed by atoms with E-state index < -0.39 is 47.9 Å². The standard InChI is InChI=1S/C15H12ClN3O8S/c1-27-14-6-5-11(19(23)24)8-13(14)17(9-15(16)20)28(25,26)12-4-2-3-10(7-12)18(21)22/h2-8H,9H2,1H3. The topological polar surface area (TPSA) is 150 Å². The van der Waals surface area contributed by atoms with Crippen LogP contribution in [0.1, 0.15) is 0 Å². The highest BCUT2D eigenvalue weighted by atomic mass is 35.5. The number of carbonyl (C=O) groups excluding carboxylic acids is 1. The Bertz CT molecular complexity index is 1060. The number of nitrogens with zero attached hydrogens (tertiary/aromatic N) is 3. The van der Waals surface area contributed by atoms with Crippen molar-refractivity contribution in [2.45, 2.75) is 4.90 Å². The maximum absolute atomic E-state index is 13.1. The molecule has 13 heteroatoms. The van der Waals surface area contributed by atoms with Crippen LogP contribution in [0.15, 0.2) is 47.4 Å². The molecule has 0 heterocycles. The minimum atomic E-state index is -4.56. The van der Waals surface area contributed by atoms with Gasteiger partial charge >= 0.3 is 0 Å². The monoisotopic (exact) mass is 429 g/mol. The summed E-state index contributed by atoms with van der Waals surface area (Å²) in [6.07, 6.45) is 0. The molecule has 0 atom stereocenters. The number of ether oxygens (including phenoxy) is 1. The van der Waals surface area contributed by atoms with Crippen molar-refractivity contribution in [3.05, 3.63) is 62.7 Å². The van der Waals surface area contributed by atoms with E-state index in [1.54, 1.807) is 0 Å². The molecule has 0 bridgehead atoms. The third-order valence-electron chi connectivity index (χ3n) is 3.53. The maximum Gasteiger partial charge on any atom is 0.271 e. The van der Waals surface area contributed by atoms with E-state index in [1.165, 1.54) is 7.11 Å². The smallest absolute Gasteiger partial charge is 0.271 e. The predicted molar refractivity (Wildman–Crippen MR) is 98.1 cm³/mol. The van der Waals surface area contributed by atoms with E-state index in [0.29, 0.717) is 4.31 Å². The van der Waals surface area contributed by atoms with Gasteiger partial charge in [-0.2, -0.15) is 0 Å². The minimum Gasteiger partial charge on any atom is -0.495 e. The molecule has 0 aromatic heterocycles. The van der Waals surface area contributed by atoms with E-state index in [2.05, 4.69) is 0 Å². The third-order valence-corrected chi connectivity index (χ3v) is 5.40. The fourth-order valence-electron chi connectivity index (χ4n) is 2.28. The fraction of sp³-hybridized carbons (Fsp3) is 0.133. The van der Waals surface area contributed by atoms with E-state index >= 15 is 0 Å². The number of non-ortho nitro benzene ring substituents is 2. The zero-order valence-corrected chi connectivity index (χ0v) is 15.7. The number of anilines is 1. The summed E-state index contributed by atoms with van der Waals surface area (Å²) in [4.78, 5) is 31.4. The largest absolute Gasteiger partial charge is 0.495 e. The fourth-order valence-corrected chi connectivity index (χ4v) is 3.94. The van der Waals surface area contributed by atoms with Gasteiger partial charge in [0.1, 0.15) is 18.0 Å². The normalized spacial score (nSPS) is 10.9. The van der Waals surface area contributed by atoms with Crippen LogP contribution in [0.2, 0.25) is 0 Å². The number of sulfonamides is 1. The van der Waals surface area contributed by atoms with Gasteiger partial charge in [0, 0.05) is 24.3 Å². The Kier molecular flexibility index (Phi) is 6.16. The Labute approximate surface area is 163 Å². The number of halogens is 1. The van der Waals surface area contributed by atoms with Gasteiger partial charge < -0.3 is 4.74 Å². The van der Waals surface area contributed by atoms with Crippen LogP contribution in [-0.4, -0.2) is 37.2 Å². The van der Waals surface area contributed by atoms with Crippen LogP contribution < -0.4 is 9.04 Å². The second-order valence-corrected chi connectivity index (χ2v) is 7.52. The van der Waals surface area contributed by atoms with Crippen molar-refractivity contribution >= 4 is 43.9 Å². The summed E-state index contributed by atoms with van der Waals surface area (Å²) in [7, 11) is -3.36. The minimum absolute atomic E-state index is 0.0856. The van der Waals surface area contributed by atoms with Gasteiger partial charge in [0.05, 0.1) is 21.9 Å². The first-order chi connectivity index (χ1) is 13.1. The molecule has 0 radical (unpaired) electrons. The lowest BCUT2D eigenvalue weighted by Crippen LogP contribution is -2.35. The summed E-state index contributed by atoms with van der Waals surface area (Å²) in [5.74, 6) is -0.0856. The maximum atomic E-state index is 13.1. The molecule has 0 saturated carbocycles. The van der Waals surface area contributed by atoms with Crippen LogP contribution in [0.3, 0.4) is 0 Å². The van der Waals surface area contributed by atoms with Gasteiger partial charge in [0.15, 0.2) is 0 Å². The highest BCUT2D eigenvalue weighted by molar-refractivity contribution is 7.92. The molecule has 0 aliphatic carbocycles. The van der Waals surface area contributed by atoms with E-state index in [9.17, 15) is 33.4 Å². The van der Waals surface area contributed by atoms with E-state index in [-0.39, 0.29) is 11.4 Å². The first-order valence-corrected chi connectivity index (χ1v) is 9.17. The quantitative estimate of drug-likeness (QED) is 0.352. The van der Waals surface area contributed by atoms with E-state index in [1.807, 2.05) is 0 Å². The van der Waals surface area contributed by atoms with Crippen molar-refractivity contribution in [3.63, 3.8) is 0 Å². The summed E-state index contributed by atoms with van der Waals surface area (Å²) in [6.45, 7) is -0.885. The molecule has 0 N–H and O–H groups in total. The Hall–Kier alpha value is -3.25. The average Bonchev–Trinajstić information content (AvgIpc) is 2.65. The molecule has 0 aliphatic rings. The molecular weight excluding hydrogens is 418 g/mol. The molecule has 28 heavy (non-hydrogen) atoms. The summed E-state index contributed by atoms with van der Waals surface area (Å²) in [5, 5.41) is 20.9. The number of nitro groups is 2. The third kappa shape index (κ3) is 4.35. The molecule has 11 nitrogen and oxygen atoms in total. The Morgan fingerprint density at radius 2 is 1.71 bits per heavy atom. The van der Waals surface area contributed by atoms with Crippen LogP contribution in [0.5, 0.6) is 5.75 Å². The van der Waals surface area contributed by atoms with Gasteiger partial charge in [-0.05, 0) is 23.7 Å². The zero-order chi connectivity index (χ0) is 21.1. The van der Waals surface area contributed by atoms with Gasteiger partial charge in [0.2, 0.25) is 5.24 Å². The Morgan fingerprint density at radius 3 is 2.25 bits per heavy atom. The number of hydrogen-bond donors (Lipinski definition) is 0. The number of hydrogen-bond acceptors (Lipinski definition) is 8. The van der Waals surface area contributed by atoms with Gasteiger partial charge in [-0.15, -0.1) is 0 Å². The summed E-state index contributed by atoms with van der Waals surface area (Å²) in [6, 6.07) is 7.25. The first kappa shape index (κ1) is 21.1. The lowest BCUT2D eigenvalue weighted by Gasteiger charge is -2.24. The summed E-state index contributed by atoms with van der Waals surface area (Å²) >= 11 is 5.37. The van der Waals surface area contributed by atoms with E-state index in [0.717, 1.165) is 42.5 Å². The second kappa shape index (κ2) is 8.19. The number of benzene rings is 2. The number of carbonyl (C=O) groups is 1. The number of nitro benzene ring substituents is 2. The molecule has 2 rings (SSSR count). The van der Waals surface area contributed by atoms with Crippen molar-refractivity contribution in [2.24, 2.45) is 0 Å². The highest BCUT2D eigenvalue weighted by Gasteiger charge is 2.31. The molecular formula is C15H12ClN3O8S. The predicted octanol–water partition coefficient (Wildman–Crippen LogP) is 2.47. The molecule has 148 valence electrons. The van der Waals surface area contributed by atoms with Crippen LogP contribution in [0, 0.1) is 20.2 Å². The Morgan fingerprint density at radius 1 is 1.11 bits per heavy atom. The van der Waals surface area contributed by atoms with Crippen molar-refractivity contribution < 1.29 is 27.8 Å². The molecule has 0 spiro atoms. The van der Waals surface area contributed by atoms with E-state index in [4.69, 9.17) is 16.3 Å². The molecule has 0 aliphatic heterocycles. The van der Waals surface area contributed by atoms with Crippen molar-refractivity contribution in [3.8, 4) is 5.75 Å². The average molecular weight is 430 g/mol. The zero-order valence-electron chi connectivity index (χ0n) is 14.1. The highest BCUT2D eigenvalue weighted by Crippen LogP contribution is 2.36. The molecule has 2 aromatic rings. The molecule has 0 unspecified atom stereocenters. The summed E-state index contributed by atoms with van der Waals surface area (Å²) in [5.41, 5.74) is -1.28. The molecule has 2 aromatic carbocycles. The summed E-state index contributed by atoms with van der Waals surface area (Å²) < 4.78 is 31.7. The lowest BCUT2D eigenvalue weighted by atomic mass is 10.2. The van der Waals surface area contributed by atoms with Crippen molar-refractivity contribution in [2.75, 3.05) is 18.0 Å². The molecule has 0 amide bonds. The van der Waals surface area contributed by atoms with Crippen LogP contribution in [0.25, 0.3) is 0 Å². The lowest BCUT2D eigenvalue weighted by molar-refractivity contribution is -0.385. The number of methoxy groups -OCH3 is 1. The van der Waals surface area contributed by atoms with Gasteiger partial charge in [-0.1, -0.05) is 6.07 Å². The molecule has 0 saturated heterocycles.